The van der Waals surface area contributed by atoms with Crippen LogP contribution >= 0.6 is 12.1 Å². The fourth-order valence-electron chi connectivity index (χ4n) is 5.43. The Bertz CT molecular complexity index is 1400. The summed E-state index contributed by atoms with van der Waals surface area (Å²) in [5.41, 5.74) is 1.24. The van der Waals surface area contributed by atoms with Crippen LogP contribution in [0.1, 0.15) is 50.6 Å². The van der Waals surface area contributed by atoms with Gasteiger partial charge in [0.25, 0.3) is 5.56 Å². The number of anilines is 1. The molecule has 194 valence electrons. The number of rotatable bonds is 7. The van der Waals surface area contributed by atoms with Crippen molar-refractivity contribution in [3.05, 3.63) is 58.4 Å². The number of nitriles is 1. The van der Waals surface area contributed by atoms with Crippen molar-refractivity contribution in [1.82, 2.24) is 19.2 Å². The molecule has 2 heterocycles. The topological polar surface area (TPSA) is 95.2 Å². The highest BCUT2D eigenvalue weighted by Crippen LogP contribution is 2.49. The van der Waals surface area contributed by atoms with Gasteiger partial charge in [0.1, 0.15) is 17.4 Å². The minimum atomic E-state index is -0.655. The van der Waals surface area contributed by atoms with E-state index in [4.69, 9.17) is 4.74 Å². The van der Waals surface area contributed by atoms with Crippen LogP contribution in [0.25, 0.3) is 10.9 Å². The molecule has 1 aromatic heterocycles. The summed E-state index contributed by atoms with van der Waals surface area (Å²) < 4.78 is 27.5. The fourth-order valence-corrected chi connectivity index (χ4v) is 5.98. The number of nitrogens with zero attached hydrogens (tertiary/aromatic N) is 4. The zero-order valence-corrected chi connectivity index (χ0v) is 21.9. The molecular formula is C27H31FN6O2S. The van der Waals surface area contributed by atoms with Gasteiger partial charge in [-0.05, 0) is 88.0 Å². The normalized spacial score (nSPS) is 18.8. The molecule has 1 aliphatic carbocycles. The summed E-state index contributed by atoms with van der Waals surface area (Å²) in [4.78, 5) is 18.1. The van der Waals surface area contributed by atoms with Gasteiger partial charge in [0.2, 0.25) is 0 Å². The number of piperidine rings is 1. The van der Waals surface area contributed by atoms with Crippen molar-refractivity contribution in [3.8, 4) is 17.6 Å². The lowest BCUT2D eigenvalue weighted by Crippen LogP contribution is -2.35. The lowest BCUT2D eigenvalue weighted by molar-refractivity contribution is 0.201. The largest absolute Gasteiger partial charge is 0.453 e. The summed E-state index contributed by atoms with van der Waals surface area (Å²) in [6.07, 6.45) is 7.02. The van der Waals surface area contributed by atoms with Crippen LogP contribution in [0.4, 0.5) is 10.1 Å². The standard InChI is InChI=1S/C27H31FN6O2S/c1-3-33(2)37-32-24-7-5-22(28)25(21(24)16-29)36-19-4-6-23-20(14-19)26(35)34(17-31-23)18-8-9-27(15-18)10-12-30-13-11-27/h4-7,14,17-18,30,32H,3,8-13,15H2,1-2H3. The summed E-state index contributed by atoms with van der Waals surface area (Å²) >= 11 is 1.30. The van der Waals surface area contributed by atoms with Crippen molar-refractivity contribution >= 4 is 28.7 Å². The van der Waals surface area contributed by atoms with E-state index in [1.54, 1.807) is 29.1 Å². The number of benzene rings is 2. The molecule has 2 fully saturated rings. The molecule has 1 aliphatic heterocycles. The minimum Gasteiger partial charge on any atom is -0.453 e. The minimum absolute atomic E-state index is 0.0546. The van der Waals surface area contributed by atoms with Crippen LogP contribution in [0, 0.1) is 22.6 Å². The van der Waals surface area contributed by atoms with E-state index < -0.39 is 5.82 Å². The van der Waals surface area contributed by atoms with Crippen molar-refractivity contribution in [2.75, 3.05) is 31.4 Å². The highest BCUT2D eigenvalue weighted by atomic mass is 32.2. The van der Waals surface area contributed by atoms with E-state index >= 15 is 0 Å². The van der Waals surface area contributed by atoms with Gasteiger partial charge in [0.05, 0.1) is 22.9 Å². The van der Waals surface area contributed by atoms with Crippen LogP contribution in [-0.4, -0.2) is 40.5 Å². The maximum Gasteiger partial charge on any atom is 0.261 e. The Kier molecular flexibility index (Phi) is 7.38. The van der Waals surface area contributed by atoms with Crippen molar-refractivity contribution in [3.63, 3.8) is 0 Å². The van der Waals surface area contributed by atoms with Crippen molar-refractivity contribution in [1.29, 1.82) is 5.26 Å². The molecule has 10 heteroatoms. The van der Waals surface area contributed by atoms with E-state index in [1.807, 2.05) is 24.3 Å². The Morgan fingerprint density at radius 3 is 2.89 bits per heavy atom. The molecule has 2 aliphatic rings. The zero-order chi connectivity index (χ0) is 26.0. The number of nitrogens with one attached hydrogen (secondary N) is 2. The van der Waals surface area contributed by atoms with Gasteiger partial charge in [-0.2, -0.15) is 5.26 Å². The van der Waals surface area contributed by atoms with Crippen molar-refractivity contribution in [2.45, 2.75) is 45.1 Å². The van der Waals surface area contributed by atoms with E-state index in [1.165, 1.54) is 24.3 Å². The summed E-state index contributed by atoms with van der Waals surface area (Å²) in [6, 6.07) is 9.87. The average molecular weight is 523 g/mol. The molecule has 1 saturated carbocycles. The lowest BCUT2D eigenvalue weighted by atomic mass is 9.77. The molecule has 8 nitrogen and oxygen atoms in total. The molecule has 0 radical (unpaired) electrons. The van der Waals surface area contributed by atoms with E-state index in [9.17, 15) is 14.4 Å². The molecule has 1 saturated heterocycles. The van der Waals surface area contributed by atoms with E-state index in [2.05, 4.69) is 15.0 Å². The first kappa shape index (κ1) is 25.5. The third-order valence-electron chi connectivity index (χ3n) is 7.69. The number of fused-ring (bicyclic) bond motifs is 1. The van der Waals surface area contributed by atoms with Crippen LogP contribution in [-0.2, 0) is 0 Å². The van der Waals surface area contributed by atoms with Gasteiger partial charge >= 0.3 is 0 Å². The van der Waals surface area contributed by atoms with Gasteiger partial charge in [-0.15, -0.1) is 0 Å². The second kappa shape index (κ2) is 10.7. The first-order valence-electron chi connectivity index (χ1n) is 12.7. The molecule has 0 amide bonds. The maximum absolute atomic E-state index is 14.8. The first-order chi connectivity index (χ1) is 17.9. The van der Waals surface area contributed by atoms with E-state index in [0.717, 1.165) is 51.7 Å². The Balaban J connectivity index is 1.44. The van der Waals surface area contributed by atoms with Gasteiger partial charge in [-0.1, -0.05) is 6.92 Å². The van der Waals surface area contributed by atoms with Crippen LogP contribution in [0.5, 0.6) is 11.5 Å². The molecule has 1 unspecified atom stereocenters. The van der Waals surface area contributed by atoms with Crippen molar-refractivity contribution < 1.29 is 9.13 Å². The number of halogens is 1. The Morgan fingerprint density at radius 1 is 1.32 bits per heavy atom. The van der Waals surface area contributed by atoms with Gasteiger partial charge in [-0.3, -0.25) is 9.36 Å². The molecule has 1 atom stereocenters. The number of hydrogen-bond acceptors (Lipinski definition) is 8. The number of ether oxygens (including phenoxy) is 1. The van der Waals surface area contributed by atoms with Gasteiger partial charge in [0.15, 0.2) is 11.6 Å². The predicted molar refractivity (Wildman–Crippen MR) is 144 cm³/mol. The number of hydrogen-bond donors (Lipinski definition) is 2. The quantitative estimate of drug-likeness (QED) is 0.408. The van der Waals surface area contributed by atoms with Crippen LogP contribution < -0.4 is 20.3 Å². The molecule has 2 N–H and O–H groups in total. The summed E-state index contributed by atoms with van der Waals surface area (Å²) in [5.74, 6) is -0.561. The second-order valence-electron chi connectivity index (χ2n) is 9.93. The summed E-state index contributed by atoms with van der Waals surface area (Å²) in [5, 5.41) is 13.6. The number of aromatic nitrogens is 2. The Labute approximate surface area is 220 Å². The highest BCUT2D eigenvalue weighted by molar-refractivity contribution is 7.98. The van der Waals surface area contributed by atoms with E-state index in [0.29, 0.717) is 22.0 Å². The maximum atomic E-state index is 14.8. The highest BCUT2D eigenvalue weighted by Gasteiger charge is 2.40. The third kappa shape index (κ3) is 5.17. The molecule has 5 rings (SSSR count). The van der Waals surface area contributed by atoms with Gasteiger partial charge < -0.3 is 14.8 Å². The Hall–Kier alpha value is -3.13. The van der Waals surface area contributed by atoms with E-state index in [-0.39, 0.29) is 28.7 Å². The van der Waals surface area contributed by atoms with Crippen LogP contribution in [0.2, 0.25) is 0 Å². The second-order valence-corrected chi connectivity index (χ2v) is 10.9. The van der Waals surface area contributed by atoms with Gasteiger partial charge in [-0.25, -0.2) is 13.7 Å². The molecule has 0 bridgehead atoms. The molecule has 1 spiro atoms. The molecule has 2 aromatic carbocycles. The van der Waals surface area contributed by atoms with Crippen molar-refractivity contribution in [2.24, 2.45) is 5.41 Å². The molecule has 3 aromatic rings. The SMILES string of the molecule is CCN(C)SNc1ccc(F)c(Oc2ccc3ncn(C4CCC5(CCNCC5)C4)c(=O)c3c2)c1C#N. The predicted octanol–water partition coefficient (Wildman–Crippen LogP) is 5.22. The average Bonchev–Trinajstić information content (AvgIpc) is 3.32. The molecular weight excluding hydrogens is 491 g/mol. The summed E-state index contributed by atoms with van der Waals surface area (Å²) in [7, 11) is 1.90. The Morgan fingerprint density at radius 2 is 2.14 bits per heavy atom. The monoisotopic (exact) mass is 522 g/mol. The first-order valence-corrected chi connectivity index (χ1v) is 13.5. The fraction of sp³-hybridized carbons (Fsp3) is 0.444. The molecule has 37 heavy (non-hydrogen) atoms. The lowest BCUT2D eigenvalue weighted by Gasteiger charge is -2.34. The van der Waals surface area contributed by atoms with Crippen LogP contribution in [0.15, 0.2) is 41.5 Å². The zero-order valence-electron chi connectivity index (χ0n) is 21.1. The smallest absolute Gasteiger partial charge is 0.261 e. The third-order valence-corrected chi connectivity index (χ3v) is 8.57. The van der Waals surface area contributed by atoms with Gasteiger partial charge in [0, 0.05) is 24.7 Å². The summed E-state index contributed by atoms with van der Waals surface area (Å²) in [6.45, 7) is 4.85. The van der Waals surface area contributed by atoms with Crippen LogP contribution in [0.3, 0.4) is 0 Å².